The minimum Gasteiger partial charge on any atom is -0.507 e. The van der Waals surface area contributed by atoms with Gasteiger partial charge < -0.3 is 64.0 Å². The molecule has 0 unspecified atom stereocenters. The van der Waals surface area contributed by atoms with Crippen LogP contribution >= 0.6 is 0 Å². The number of hydrogen-bond acceptors (Lipinski definition) is 15. The summed E-state index contributed by atoms with van der Waals surface area (Å²) in [5, 5.41) is 67.0. The Morgan fingerprint density at radius 3 is 2.07 bits per heavy atom. The van der Waals surface area contributed by atoms with Gasteiger partial charge in [-0.15, -0.1) is 0 Å². The minimum atomic E-state index is -1.54. The van der Waals surface area contributed by atoms with Crippen molar-refractivity contribution < 1.29 is 68.6 Å². The third kappa shape index (κ3) is 7.06. The van der Waals surface area contributed by atoms with E-state index in [1.807, 2.05) is 25.9 Å². The molecule has 3 aliphatic heterocycles. The van der Waals surface area contributed by atoms with Crippen LogP contribution in [0.1, 0.15) is 115 Å². The summed E-state index contributed by atoms with van der Waals surface area (Å²) in [6, 6.07) is 3.74. The van der Waals surface area contributed by atoms with Crippen molar-refractivity contribution >= 4 is 11.6 Å². The number of hydrogen-bond donors (Lipinski definition) is 6. The van der Waals surface area contributed by atoms with Gasteiger partial charge in [-0.2, -0.15) is 0 Å². The molecule has 55 heavy (non-hydrogen) atoms. The van der Waals surface area contributed by atoms with Gasteiger partial charge in [-0.1, -0.05) is 19.1 Å². The Labute approximate surface area is 319 Å². The van der Waals surface area contributed by atoms with Gasteiger partial charge in [0, 0.05) is 42.0 Å². The summed E-state index contributed by atoms with van der Waals surface area (Å²) in [6.45, 7) is 7.16. The van der Waals surface area contributed by atoms with Crippen LogP contribution in [0.15, 0.2) is 18.2 Å². The molecule has 7 rings (SSSR count). The summed E-state index contributed by atoms with van der Waals surface area (Å²) in [5.41, 5.74) is -2.55. The maximum Gasteiger partial charge on any atom is 0.202 e. The summed E-state index contributed by atoms with van der Waals surface area (Å²) < 4.78 is 37.6. The zero-order chi connectivity index (χ0) is 39.7. The van der Waals surface area contributed by atoms with E-state index < -0.39 is 107 Å². The van der Waals surface area contributed by atoms with Gasteiger partial charge in [0.05, 0.1) is 52.8 Å². The van der Waals surface area contributed by atoms with E-state index in [4.69, 9.17) is 28.4 Å². The SMILES string of the molecule is CC[C@@]1(O)CCc2c(O)c3c(c(O)c2[C@H]1O[C@H]1C[C@H](N(C)C)[C@@H](O[C@H]2C[C@H](O)[C@@H](O[C@H]4CC[C@H](O)[C@H](C)O4)[C@H](C)O2)[C@H](C)O1)C(=O)c1cccc(O)c1C3=O. The summed E-state index contributed by atoms with van der Waals surface area (Å²) in [4.78, 5) is 29.4. The zero-order valence-corrected chi connectivity index (χ0v) is 32.0. The van der Waals surface area contributed by atoms with Crippen molar-refractivity contribution in [3.05, 3.63) is 51.6 Å². The lowest BCUT2D eigenvalue weighted by Gasteiger charge is -2.48. The van der Waals surface area contributed by atoms with Crippen LogP contribution < -0.4 is 0 Å². The molecule has 13 atom stereocenters. The highest BCUT2D eigenvalue weighted by atomic mass is 16.7. The Bertz CT molecular complexity index is 1790. The average molecular weight is 772 g/mol. The number of likely N-dealkylation sites (N-methyl/N-ethyl adjacent to an activating group) is 1. The van der Waals surface area contributed by atoms with Crippen molar-refractivity contribution in [1.29, 1.82) is 0 Å². The summed E-state index contributed by atoms with van der Waals surface area (Å²) in [5.74, 6) is -3.05. The second-order valence-corrected chi connectivity index (χ2v) is 15.9. The number of fused-ring (bicyclic) bond motifs is 3. The smallest absolute Gasteiger partial charge is 0.202 e. The van der Waals surface area contributed by atoms with Gasteiger partial charge in [-0.05, 0) is 66.6 Å². The molecule has 3 heterocycles. The molecule has 6 N–H and O–H groups in total. The molecule has 3 saturated heterocycles. The monoisotopic (exact) mass is 771 g/mol. The standard InChI is InChI=1S/C40H53NO14/c1-7-40(49)14-13-21-30(36(48)32-31(34(21)46)35(47)29-20(33(32)45)9-8-10-24(29)43)39(40)55-27-15-22(41(5)6)37(18(3)51-27)54-28-16-25(44)38(19(4)52-28)53-26-12-11-23(42)17(2)50-26/h8-10,17-19,22-23,25-28,37-39,42-44,46,48-49H,7,11-16H2,1-6H3/t17-,18-,19-,22-,23-,25-,26-,27-,28-,37-,38-,39+,40+/m0/s1. The van der Waals surface area contributed by atoms with E-state index in [1.165, 1.54) is 18.2 Å². The summed E-state index contributed by atoms with van der Waals surface area (Å²) in [7, 11) is 3.77. The van der Waals surface area contributed by atoms with Crippen LogP contribution in [-0.2, 0) is 34.8 Å². The number of phenolic OH excluding ortho intramolecular Hbond substituents is 3. The van der Waals surface area contributed by atoms with Crippen LogP contribution in [0.5, 0.6) is 17.2 Å². The first-order valence-electron chi connectivity index (χ1n) is 19.2. The second kappa shape index (κ2) is 15.3. The van der Waals surface area contributed by atoms with Crippen molar-refractivity contribution in [2.75, 3.05) is 14.1 Å². The van der Waals surface area contributed by atoms with Gasteiger partial charge in [0.25, 0.3) is 0 Å². The number of aliphatic hydroxyl groups is 3. The molecule has 5 aliphatic rings. The molecule has 15 nitrogen and oxygen atoms in total. The lowest BCUT2D eigenvalue weighted by molar-refractivity contribution is -0.331. The van der Waals surface area contributed by atoms with Crippen molar-refractivity contribution in [1.82, 2.24) is 4.90 Å². The number of aromatic hydroxyl groups is 3. The van der Waals surface area contributed by atoms with Crippen LogP contribution in [0.3, 0.4) is 0 Å². The van der Waals surface area contributed by atoms with E-state index in [0.29, 0.717) is 12.8 Å². The number of nitrogens with zero attached hydrogens (tertiary/aromatic N) is 1. The topological polar surface area (TPSA) is 214 Å². The molecule has 0 spiro atoms. The second-order valence-electron chi connectivity index (χ2n) is 15.9. The molecule has 3 fully saturated rings. The molecule has 0 radical (unpaired) electrons. The Morgan fingerprint density at radius 1 is 0.782 bits per heavy atom. The van der Waals surface area contributed by atoms with E-state index in [0.717, 1.165) is 0 Å². The molecule has 2 aromatic rings. The van der Waals surface area contributed by atoms with Gasteiger partial charge >= 0.3 is 0 Å². The third-order valence-corrected chi connectivity index (χ3v) is 12.2. The van der Waals surface area contributed by atoms with Crippen LogP contribution in [0.4, 0.5) is 0 Å². The summed E-state index contributed by atoms with van der Waals surface area (Å²) in [6.07, 6.45) is -6.00. The zero-order valence-electron chi connectivity index (χ0n) is 32.0. The molecule has 0 amide bonds. The maximum absolute atomic E-state index is 13.8. The largest absolute Gasteiger partial charge is 0.507 e. The van der Waals surface area contributed by atoms with Crippen LogP contribution in [0, 0.1) is 0 Å². The van der Waals surface area contributed by atoms with Crippen LogP contribution in [0.2, 0.25) is 0 Å². The number of ether oxygens (including phenoxy) is 6. The van der Waals surface area contributed by atoms with Crippen molar-refractivity contribution in [3.63, 3.8) is 0 Å². The van der Waals surface area contributed by atoms with Crippen molar-refractivity contribution in [2.24, 2.45) is 0 Å². The molecule has 2 aliphatic carbocycles. The van der Waals surface area contributed by atoms with Crippen molar-refractivity contribution in [2.45, 2.75) is 152 Å². The lowest BCUT2D eigenvalue weighted by Crippen LogP contribution is -2.58. The Kier molecular flexibility index (Phi) is 11.1. The third-order valence-electron chi connectivity index (χ3n) is 12.2. The van der Waals surface area contributed by atoms with E-state index in [9.17, 15) is 40.2 Å². The number of phenols is 3. The number of carbonyl (C=O) groups is 2. The Hall–Kier alpha value is -3.22. The number of benzene rings is 2. The number of carbonyl (C=O) groups excluding carboxylic acids is 2. The van der Waals surface area contributed by atoms with Gasteiger partial charge in [-0.3, -0.25) is 9.59 Å². The molecule has 2 aromatic carbocycles. The molecular weight excluding hydrogens is 718 g/mol. The van der Waals surface area contributed by atoms with Gasteiger partial charge in [0.2, 0.25) is 5.78 Å². The number of aliphatic hydroxyl groups excluding tert-OH is 2. The fourth-order valence-corrected chi connectivity index (χ4v) is 8.95. The molecule has 302 valence electrons. The number of rotatable bonds is 8. The van der Waals surface area contributed by atoms with Gasteiger partial charge in [0.1, 0.15) is 35.6 Å². The van der Waals surface area contributed by atoms with E-state index in [-0.39, 0.29) is 66.5 Å². The minimum absolute atomic E-state index is 0.00671. The van der Waals surface area contributed by atoms with E-state index >= 15 is 0 Å². The van der Waals surface area contributed by atoms with E-state index in [1.54, 1.807) is 20.8 Å². The predicted molar refractivity (Wildman–Crippen MR) is 193 cm³/mol. The average Bonchev–Trinajstić information content (AvgIpc) is 3.13. The van der Waals surface area contributed by atoms with E-state index in [2.05, 4.69) is 0 Å². The first kappa shape index (κ1) is 40.0. The Balaban J connectivity index is 1.10. The molecular formula is C40H53NO14. The van der Waals surface area contributed by atoms with Gasteiger partial charge in [-0.25, -0.2) is 0 Å². The molecule has 15 heteroatoms. The first-order chi connectivity index (χ1) is 26.0. The highest BCUT2D eigenvalue weighted by molar-refractivity contribution is 6.31. The van der Waals surface area contributed by atoms with Gasteiger partial charge in [0.15, 0.2) is 24.7 Å². The van der Waals surface area contributed by atoms with Crippen LogP contribution in [-0.4, -0.2) is 134 Å². The van der Waals surface area contributed by atoms with Crippen LogP contribution in [0.25, 0.3) is 0 Å². The fraction of sp³-hybridized carbons (Fsp3) is 0.650. The Morgan fingerprint density at radius 2 is 1.42 bits per heavy atom. The molecule has 0 bridgehead atoms. The lowest BCUT2D eigenvalue weighted by atomic mass is 9.71. The fourth-order valence-electron chi connectivity index (χ4n) is 8.95. The number of ketones is 2. The molecule has 0 saturated carbocycles. The summed E-state index contributed by atoms with van der Waals surface area (Å²) >= 11 is 0. The maximum atomic E-state index is 13.8. The normalized spacial score (nSPS) is 37.7. The highest BCUT2D eigenvalue weighted by Crippen LogP contribution is 2.54. The molecule has 0 aromatic heterocycles. The predicted octanol–water partition coefficient (Wildman–Crippen LogP) is 2.94. The van der Waals surface area contributed by atoms with Crippen molar-refractivity contribution in [3.8, 4) is 17.2 Å². The first-order valence-corrected chi connectivity index (χ1v) is 19.2. The quantitative estimate of drug-likeness (QED) is 0.182. The highest BCUT2D eigenvalue weighted by Gasteiger charge is 2.51.